The smallest absolute Gasteiger partial charge is 0.309 e. The van der Waals surface area contributed by atoms with Gasteiger partial charge in [-0.25, -0.2) is 13.1 Å². The van der Waals surface area contributed by atoms with Gasteiger partial charge < -0.3 is 14.2 Å². The summed E-state index contributed by atoms with van der Waals surface area (Å²) in [5, 5.41) is 0. The van der Waals surface area contributed by atoms with Crippen LogP contribution in [-0.4, -0.2) is 52.8 Å². The first kappa shape index (κ1) is 27.0. The van der Waals surface area contributed by atoms with Gasteiger partial charge in [-0.2, -0.15) is 0 Å². The molecule has 1 aliphatic rings. The molecule has 8 nitrogen and oxygen atoms in total. The van der Waals surface area contributed by atoms with Crippen molar-refractivity contribution in [3.05, 3.63) is 42.0 Å². The molecule has 1 N–H and O–H groups in total. The number of cyclic esters (lactones) is 2. The monoisotopic (exact) mass is 481 g/mol. The zero-order valence-electron chi connectivity index (χ0n) is 19.8. The van der Waals surface area contributed by atoms with Crippen LogP contribution in [-0.2, 0) is 33.8 Å². The molecule has 4 atom stereocenters. The van der Waals surface area contributed by atoms with Crippen molar-refractivity contribution in [2.24, 2.45) is 11.8 Å². The number of methoxy groups -OCH3 is 1. The van der Waals surface area contributed by atoms with E-state index in [1.807, 2.05) is 13.8 Å². The maximum Gasteiger partial charge on any atom is 0.309 e. The molecule has 0 fully saturated rings. The number of nitrogens with one attached hydrogen (secondary N) is 1. The Bertz CT molecular complexity index is 911. The highest BCUT2D eigenvalue weighted by molar-refractivity contribution is 7.89. The Morgan fingerprint density at radius 3 is 2.36 bits per heavy atom. The standard InChI is InChI=1S/C24H35NO7S/c1-17-11-13-20(14-12-17)33(28,29)25-21-15-31-23(26)10-6-8-19(3)22(30-4)16-32-24(27)9-5-7-18(21)2/h5,7,11-14,18-19,21-22,25H,6,8-10,15-16H2,1-4H3/b7-5+/t18-,19-,21-,22-/m0/s1. The van der Waals surface area contributed by atoms with Gasteiger partial charge in [0.1, 0.15) is 13.2 Å². The number of carbonyl (C=O) groups excluding carboxylic acids is 2. The lowest BCUT2D eigenvalue weighted by atomic mass is 9.98. The molecule has 0 saturated carbocycles. The molecule has 0 bridgehead atoms. The lowest BCUT2D eigenvalue weighted by molar-refractivity contribution is -0.147. The maximum absolute atomic E-state index is 12.9. The van der Waals surface area contributed by atoms with Gasteiger partial charge in [0.05, 0.1) is 23.5 Å². The molecule has 1 aromatic carbocycles. The van der Waals surface area contributed by atoms with Crippen molar-refractivity contribution >= 4 is 22.0 Å². The maximum atomic E-state index is 12.9. The molecule has 0 amide bonds. The van der Waals surface area contributed by atoms with Crippen molar-refractivity contribution in [3.63, 3.8) is 0 Å². The SMILES string of the molecule is CO[C@H]1COC(=O)C/C=C/[C@H](C)[C@@H](NS(=O)(=O)c2ccc(C)cc2)COC(=O)CCC[C@@H]1C. The zero-order chi connectivity index (χ0) is 24.4. The lowest BCUT2D eigenvalue weighted by Gasteiger charge is -2.24. The average molecular weight is 482 g/mol. The Kier molecular flexibility index (Phi) is 10.5. The van der Waals surface area contributed by atoms with Gasteiger partial charge in [-0.05, 0) is 43.7 Å². The van der Waals surface area contributed by atoms with Crippen molar-refractivity contribution in [2.75, 3.05) is 20.3 Å². The minimum Gasteiger partial charge on any atom is -0.464 e. The van der Waals surface area contributed by atoms with Gasteiger partial charge >= 0.3 is 11.9 Å². The van der Waals surface area contributed by atoms with Crippen molar-refractivity contribution in [1.82, 2.24) is 4.72 Å². The Labute approximate surface area is 196 Å². The third-order valence-corrected chi connectivity index (χ3v) is 7.31. The summed E-state index contributed by atoms with van der Waals surface area (Å²) in [4.78, 5) is 24.5. The second-order valence-corrected chi connectivity index (χ2v) is 10.3. The van der Waals surface area contributed by atoms with E-state index in [0.717, 1.165) is 5.56 Å². The highest BCUT2D eigenvalue weighted by Gasteiger charge is 2.25. The molecule has 0 radical (unpaired) electrons. The van der Waals surface area contributed by atoms with Crippen LogP contribution in [0.1, 0.15) is 45.1 Å². The summed E-state index contributed by atoms with van der Waals surface area (Å²) in [6.45, 7) is 5.68. The number of carbonyl (C=O) groups is 2. The van der Waals surface area contributed by atoms with Gasteiger partial charge in [0, 0.05) is 13.5 Å². The molecule has 0 aromatic heterocycles. The average Bonchev–Trinajstić information content (AvgIpc) is 2.76. The van der Waals surface area contributed by atoms with E-state index < -0.39 is 16.1 Å². The van der Waals surface area contributed by atoms with Crippen molar-refractivity contribution in [3.8, 4) is 0 Å². The second-order valence-electron chi connectivity index (χ2n) is 8.54. The quantitative estimate of drug-likeness (QED) is 0.520. The largest absolute Gasteiger partial charge is 0.464 e. The first-order chi connectivity index (χ1) is 15.6. The summed E-state index contributed by atoms with van der Waals surface area (Å²) in [5.74, 6) is -1.02. The highest BCUT2D eigenvalue weighted by Crippen LogP contribution is 2.18. The molecule has 1 heterocycles. The van der Waals surface area contributed by atoms with Crippen LogP contribution in [0, 0.1) is 18.8 Å². The molecule has 33 heavy (non-hydrogen) atoms. The fourth-order valence-electron chi connectivity index (χ4n) is 3.50. The van der Waals surface area contributed by atoms with Gasteiger partial charge in [0.25, 0.3) is 0 Å². The van der Waals surface area contributed by atoms with Gasteiger partial charge in [0.2, 0.25) is 10.0 Å². The Hall–Kier alpha value is -2.23. The van der Waals surface area contributed by atoms with Crippen LogP contribution in [0.2, 0.25) is 0 Å². The zero-order valence-corrected chi connectivity index (χ0v) is 20.6. The summed E-state index contributed by atoms with van der Waals surface area (Å²) >= 11 is 0. The van der Waals surface area contributed by atoms with E-state index in [-0.39, 0.29) is 60.8 Å². The highest BCUT2D eigenvalue weighted by atomic mass is 32.2. The molecule has 9 heteroatoms. The number of sulfonamides is 1. The molecule has 1 aromatic rings. The fraction of sp³-hybridized carbons (Fsp3) is 0.583. The minimum absolute atomic E-state index is 0.0480. The van der Waals surface area contributed by atoms with E-state index in [4.69, 9.17) is 14.2 Å². The first-order valence-corrected chi connectivity index (χ1v) is 12.7. The van der Waals surface area contributed by atoms with Crippen LogP contribution >= 0.6 is 0 Å². The number of ether oxygens (including phenoxy) is 3. The van der Waals surface area contributed by atoms with Gasteiger partial charge in [-0.3, -0.25) is 9.59 Å². The third kappa shape index (κ3) is 8.91. The van der Waals surface area contributed by atoms with Crippen molar-refractivity contribution in [2.45, 2.75) is 63.5 Å². The van der Waals surface area contributed by atoms with E-state index in [0.29, 0.717) is 12.8 Å². The predicted molar refractivity (Wildman–Crippen MR) is 124 cm³/mol. The first-order valence-electron chi connectivity index (χ1n) is 11.2. The Morgan fingerprint density at radius 2 is 1.70 bits per heavy atom. The number of esters is 2. The lowest BCUT2D eigenvalue weighted by Crippen LogP contribution is -2.42. The molecule has 0 spiro atoms. The molecule has 1 aliphatic heterocycles. The number of hydrogen-bond acceptors (Lipinski definition) is 7. The number of rotatable bonds is 4. The second kappa shape index (κ2) is 12.9. The minimum atomic E-state index is -3.82. The van der Waals surface area contributed by atoms with Gasteiger partial charge in [-0.1, -0.05) is 43.7 Å². The molecule has 0 aliphatic carbocycles. The van der Waals surface area contributed by atoms with Crippen LogP contribution in [0.25, 0.3) is 0 Å². The number of aryl methyl sites for hydroxylation is 1. The summed E-state index contributed by atoms with van der Waals surface area (Å²) in [6, 6.07) is 5.81. The molecule has 2 rings (SSSR count). The van der Waals surface area contributed by atoms with Gasteiger partial charge in [0.15, 0.2) is 0 Å². The van der Waals surface area contributed by atoms with E-state index in [9.17, 15) is 18.0 Å². The Balaban J connectivity index is 2.17. The van der Waals surface area contributed by atoms with E-state index in [1.54, 1.807) is 38.3 Å². The van der Waals surface area contributed by atoms with Crippen molar-refractivity contribution < 1.29 is 32.2 Å². The van der Waals surface area contributed by atoms with Crippen LogP contribution in [0.3, 0.4) is 0 Å². The van der Waals surface area contributed by atoms with Crippen LogP contribution in [0.15, 0.2) is 41.3 Å². The summed E-state index contributed by atoms with van der Waals surface area (Å²) in [5.41, 5.74) is 0.946. The topological polar surface area (TPSA) is 108 Å². The van der Waals surface area contributed by atoms with Crippen LogP contribution in [0.5, 0.6) is 0 Å². The third-order valence-electron chi connectivity index (χ3n) is 5.81. The summed E-state index contributed by atoms with van der Waals surface area (Å²) in [7, 11) is -2.25. The Morgan fingerprint density at radius 1 is 1.03 bits per heavy atom. The van der Waals surface area contributed by atoms with E-state index in [2.05, 4.69) is 4.72 Å². The molecule has 0 unspecified atom stereocenters. The molecular formula is C24H35NO7S. The molecular weight excluding hydrogens is 446 g/mol. The van der Waals surface area contributed by atoms with Crippen LogP contribution < -0.4 is 4.72 Å². The molecule has 0 saturated heterocycles. The number of hydrogen-bond donors (Lipinski definition) is 1. The molecule has 184 valence electrons. The normalized spacial score (nSPS) is 27.4. The van der Waals surface area contributed by atoms with E-state index >= 15 is 0 Å². The van der Waals surface area contributed by atoms with E-state index in [1.165, 1.54) is 12.1 Å². The predicted octanol–water partition coefficient (Wildman–Crippen LogP) is 3.15. The number of benzene rings is 1. The van der Waals surface area contributed by atoms with Crippen molar-refractivity contribution in [1.29, 1.82) is 0 Å². The summed E-state index contributed by atoms with van der Waals surface area (Å²) < 4.78 is 44.6. The fourth-order valence-corrected chi connectivity index (χ4v) is 4.81. The summed E-state index contributed by atoms with van der Waals surface area (Å²) in [6.07, 6.45) is 4.66. The van der Waals surface area contributed by atoms with Gasteiger partial charge in [-0.15, -0.1) is 0 Å². The van der Waals surface area contributed by atoms with Crippen LogP contribution in [0.4, 0.5) is 0 Å².